The Labute approximate surface area is 116 Å². The molecule has 106 valence electrons. The van der Waals surface area contributed by atoms with E-state index in [4.69, 9.17) is 0 Å². The zero-order valence-corrected chi connectivity index (χ0v) is 11.9. The van der Waals surface area contributed by atoms with E-state index >= 15 is 0 Å². The summed E-state index contributed by atoms with van der Waals surface area (Å²) in [4.78, 5) is 23.7. The molecular formula is C14H18N4O2. The molecule has 0 saturated heterocycles. The largest absolute Gasteiger partial charge is 0.348 e. The van der Waals surface area contributed by atoms with E-state index in [1.807, 2.05) is 20.8 Å². The molecule has 0 unspecified atom stereocenters. The van der Waals surface area contributed by atoms with Gasteiger partial charge in [0.2, 0.25) is 0 Å². The van der Waals surface area contributed by atoms with E-state index in [1.54, 1.807) is 16.8 Å². The molecular weight excluding hydrogens is 256 g/mol. The number of pyridine rings is 1. The minimum Gasteiger partial charge on any atom is -0.348 e. The predicted molar refractivity (Wildman–Crippen MR) is 75.6 cm³/mol. The van der Waals surface area contributed by atoms with E-state index in [-0.39, 0.29) is 11.5 Å². The van der Waals surface area contributed by atoms with Crippen LogP contribution in [0.25, 0.3) is 0 Å². The third-order valence-electron chi connectivity index (χ3n) is 3.31. The number of H-pyrrole nitrogens is 1. The normalized spacial score (nSPS) is 10.6. The Morgan fingerprint density at radius 2 is 2.20 bits per heavy atom. The van der Waals surface area contributed by atoms with E-state index < -0.39 is 0 Å². The smallest absolute Gasteiger partial charge is 0.251 e. The molecule has 1 amide bonds. The summed E-state index contributed by atoms with van der Waals surface area (Å²) in [6.45, 7) is 6.65. The van der Waals surface area contributed by atoms with Gasteiger partial charge in [0.15, 0.2) is 0 Å². The molecule has 2 aromatic rings. The van der Waals surface area contributed by atoms with Crippen molar-refractivity contribution in [2.75, 3.05) is 0 Å². The van der Waals surface area contributed by atoms with E-state index in [1.165, 1.54) is 6.07 Å². The summed E-state index contributed by atoms with van der Waals surface area (Å²) in [6.07, 6.45) is 1.63. The number of aromatic amines is 1. The summed E-state index contributed by atoms with van der Waals surface area (Å²) < 4.78 is 1.54. The SMILES string of the molecule is CCn1ccc(C(=O)NCc2c(C)n[nH]c2C)cc1=O. The number of amides is 1. The van der Waals surface area contributed by atoms with Crippen molar-refractivity contribution in [3.05, 3.63) is 51.2 Å². The molecule has 0 spiro atoms. The van der Waals surface area contributed by atoms with E-state index in [9.17, 15) is 9.59 Å². The van der Waals surface area contributed by atoms with Crippen molar-refractivity contribution in [3.63, 3.8) is 0 Å². The maximum absolute atomic E-state index is 12.0. The number of aromatic nitrogens is 3. The minimum atomic E-state index is -0.259. The fourth-order valence-corrected chi connectivity index (χ4v) is 2.02. The lowest BCUT2D eigenvalue weighted by Crippen LogP contribution is -2.26. The molecule has 2 heterocycles. The van der Waals surface area contributed by atoms with Crippen LogP contribution in [-0.4, -0.2) is 20.7 Å². The minimum absolute atomic E-state index is 0.171. The van der Waals surface area contributed by atoms with Crippen LogP contribution < -0.4 is 10.9 Å². The Balaban J connectivity index is 2.09. The van der Waals surface area contributed by atoms with Crippen LogP contribution in [-0.2, 0) is 13.1 Å². The molecule has 2 rings (SSSR count). The standard InChI is InChI=1S/C14H18N4O2/c1-4-18-6-5-11(7-13(18)19)14(20)15-8-12-9(2)16-17-10(12)3/h5-7H,4,8H2,1-3H3,(H,15,20)(H,16,17). The number of nitrogens with one attached hydrogen (secondary N) is 2. The summed E-state index contributed by atoms with van der Waals surface area (Å²) in [5, 5.41) is 9.74. The molecule has 0 radical (unpaired) electrons. The highest BCUT2D eigenvalue weighted by molar-refractivity contribution is 5.93. The molecule has 6 heteroatoms. The third-order valence-corrected chi connectivity index (χ3v) is 3.31. The van der Waals surface area contributed by atoms with Gasteiger partial charge >= 0.3 is 0 Å². The third kappa shape index (κ3) is 2.79. The highest BCUT2D eigenvalue weighted by Crippen LogP contribution is 2.08. The first-order valence-electron chi connectivity index (χ1n) is 6.52. The lowest BCUT2D eigenvalue weighted by atomic mass is 10.2. The molecule has 0 aliphatic rings. The summed E-state index contributed by atoms with van der Waals surface area (Å²) in [5.41, 5.74) is 2.97. The van der Waals surface area contributed by atoms with Gasteiger partial charge in [-0.3, -0.25) is 14.7 Å². The predicted octanol–water partition coefficient (Wildman–Crippen LogP) is 1.14. The number of rotatable bonds is 4. The van der Waals surface area contributed by atoms with Crippen molar-refractivity contribution in [2.24, 2.45) is 0 Å². The lowest BCUT2D eigenvalue weighted by Gasteiger charge is -2.07. The van der Waals surface area contributed by atoms with Gasteiger partial charge < -0.3 is 9.88 Å². The Kier molecular flexibility index (Phi) is 4.02. The maximum Gasteiger partial charge on any atom is 0.251 e. The number of carbonyl (C=O) groups excluding carboxylic acids is 1. The average Bonchev–Trinajstić information content (AvgIpc) is 2.75. The monoisotopic (exact) mass is 274 g/mol. The molecule has 0 atom stereocenters. The second kappa shape index (κ2) is 5.73. The Morgan fingerprint density at radius 3 is 2.75 bits per heavy atom. The van der Waals surface area contributed by atoms with Gasteiger partial charge in [0, 0.05) is 42.2 Å². The van der Waals surface area contributed by atoms with Gasteiger partial charge in [-0.05, 0) is 26.8 Å². The van der Waals surface area contributed by atoms with Gasteiger partial charge in [-0.25, -0.2) is 0 Å². The summed E-state index contributed by atoms with van der Waals surface area (Å²) >= 11 is 0. The molecule has 0 fully saturated rings. The molecule has 0 saturated carbocycles. The van der Waals surface area contributed by atoms with Crippen LogP contribution in [0, 0.1) is 13.8 Å². The molecule has 0 bridgehead atoms. The number of hydrogen-bond acceptors (Lipinski definition) is 3. The van der Waals surface area contributed by atoms with Crippen molar-refractivity contribution < 1.29 is 4.79 Å². The lowest BCUT2D eigenvalue weighted by molar-refractivity contribution is 0.0950. The van der Waals surface area contributed by atoms with Crippen LogP contribution in [0.2, 0.25) is 0 Å². The van der Waals surface area contributed by atoms with Crippen LogP contribution in [0.3, 0.4) is 0 Å². The van der Waals surface area contributed by atoms with Gasteiger partial charge in [0.1, 0.15) is 0 Å². The van der Waals surface area contributed by atoms with Crippen molar-refractivity contribution in [2.45, 2.75) is 33.9 Å². The molecule has 2 aromatic heterocycles. The molecule has 20 heavy (non-hydrogen) atoms. The molecule has 6 nitrogen and oxygen atoms in total. The highest BCUT2D eigenvalue weighted by Gasteiger charge is 2.10. The quantitative estimate of drug-likeness (QED) is 0.877. The number of nitrogens with zero attached hydrogens (tertiary/aromatic N) is 2. The van der Waals surface area contributed by atoms with Crippen LogP contribution in [0.15, 0.2) is 23.1 Å². The van der Waals surface area contributed by atoms with Gasteiger partial charge in [-0.15, -0.1) is 0 Å². The highest BCUT2D eigenvalue weighted by atomic mass is 16.2. The molecule has 2 N–H and O–H groups in total. The number of carbonyl (C=O) groups is 1. The van der Waals surface area contributed by atoms with Gasteiger partial charge in [0.25, 0.3) is 11.5 Å². The van der Waals surface area contributed by atoms with Crippen molar-refractivity contribution in [1.82, 2.24) is 20.1 Å². The van der Waals surface area contributed by atoms with Crippen molar-refractivity contribution in [1.29, 1.82) is 0 Å². The van der Waals surface area contributed by atoms with Crippen LogP contribution >= 0.6 is 0 Å². The number of aryl methyl sites for hydroxylation is 3. The maximum atomic E-state index is 12.0. The average molecular weight is 274 g/mol. The Bertz CT molecular complexity index is 665. The van der Waals surface area contributed by atoms with Gasteiger partial charge in [-0.1, -0.05) is 0 Å². The summed E-state index contributed by atoms with van der Waals surface area (Å²) in [6, 6.07) is 3.00. The van der Waals surface area contributed by atoms with Gasteiger partial charge in [-0.2, -0.15) is 5.10 Å². The Hall–Kier alpha value is -2.37. The fraction of sp³-hybridized carbons (Fsp3) is 0.357. The topological polar surface area (TPSA) is 79.8 Å². The van der Waals surface area contributed by atoms with Crippen LogP contribution in [0.5, 0.6) is 0 Å². The first kappa shape index (κ1) is 14.0. The molecule has 0 aliphatic heterocycles. The first-order valence-corrected chi connectivity index (χ1v) is 6.52. The van der Waals surface area contributed by atoms with E-state index in [0.717, 1.165) is 17.0 Å². The summed E-state index contributed by atoms with van der Waals surface area (Å²) in [7, 11) is 0. The fourth-order valence-electron chi connectivity index (χ4n) is 2.02. The zero-order valence-electron chi connectivity index (χ0n) is 11.9. The van der Waals surface area contributed by atoms with Gasteiger partial charge in [0.05, 0.1) is 5.69 Å². The molecule has 0 aliphatic carbocycles. The second-order valence-corrected chi connectivity index (χ2v) is 4.63. The van der Waals surface area contributed by atoms with Crippen molar-refractivity contribution >= 4 is 5.91 Å². The van der Waals surface area contributed by atoms with E-state index in [2.05, 4.69) is 15.5 Å². The first-order chi connectivity index (χ1) is 9.52. The molecule has 0 aromatic carbocycles. The Morgan fingerprint density at radius 1 is 1.45 bits per heavy atom. The van der Waals surface area contributed by atoms with Crippen LogP contribution in [0.4, 0.5) is 0 Å². The zero-order chi connectivity index (χ0) is 14.7. The van der Waals surface area contributed by atoms with Crippen LogP contribution in [0.1, 0.15) is 34.2 Å². The van der Waals surface area contributed by atoms with E-state index in [0.29, 0.717) is 18.7 Å². The number of hydrogen-bond donors (Lipinski definition) is 2. The second-order valence-electron chi connectivity index (χ2n) is 4.63. The van der Waals surface area contributed by atoms with Crippen molar-refractivity contribution in [3.8, 4) is 0 Å². The summed E-state index contributed by atoms with van der Waals surface area (Å²) in [5.74, 6) is -0.259.